The van der Waals surface area contributed by atoms with Crippen LogP contribution in [0.2, 0.25) is 0 Å². The van der Waals surface area contributed by atoms with Gasteiger partial charge in [0.25, 0.3) is 0 Å². The Bertz CT molecular complexity index is 607. The predicted molar refractivity (Wildman–Crippen MR) is 82.1 cm³/mol. The molecule has 4 nitrogen and oxygen atoms in total. The van der Waals surface area contributed by atoms with Crippen LogP contribution in [0.4, 0.5) is 0 Å². The molecule has 1 unspecified atom stereocenters. The average Bonchev–Trinajstić information content (AvgIpc) is 3.03. The molecule has 1 saturated heterocycles. The molecule has 108 valence electrons. The number of aryl methyl sites for hydroxylation is 1. The van der Waals surface area contributed by atoms with Crippen molar-refractivity contribution >= 4 is 22.8 Å². The summed E-state index contributed by atoms with van der Waals surface area (Å²) in [6.07, 6.45) is 4.44. The summed E-state index contributed by atoms with van der Waals surface area (Å²) in [6, 6.07) is 2.67. The molecule has 3 rings (SSSR count). The molecule has 0 aromatic carbocycles. The van der Waals surface area contributed by atoms with Gasteiger partial charge in [0.15, 0.2) is 5.65 Å². The standard InChI is InChI=1S/C15H21ClN4/c1-3-19-6-4-5-12(19)10-20-14(8-16)18-13-7-11(2)9-17-15(13)20/h7,9,12H,3-6,8,10H2,1-2H3. The zero-order valence-electron chi connectivity index (χ0n) is 12.1. The number of nitrogens with zero attached hydrogens (tertiary/aromatic N) is 4. The van der Waals surface area contributed by atoms with Gasteiger partial charge >= 0.3 is 0 Å². The summed E-state index contributed by atoms with van der Waals surface area (Å²) in [7, 11) is 0. The molecule has 1 aliphatic rings. The van der Waals surface area contributed by atoms with Gasteiger partial charge in [-0.3, -0.25) is 4.90 Å². The van der Waals surface area contributed by atoms with Crippen molar-refractivity contribution < 1.29 is 0 Å². The second-order valence-electron chi connectivity index (χ2n) is 5.55. The first kappa shape index (κ1) is 13.8. The molecule has 20 heavy (non-hydrogen) atoms. The second kappa shape index (κ2) is 5.70. The van der Waals surface area contributed by atoms with E-state index in [4.69, 9.17) is 11.6 Å². The van der Waals surface area contributed by atoms with E-state index in [0.717, 1.165) is 35.6 Å². The number of aromatic nitrogens is 3. The Morgan fingerprint density at radius 2 is 2.30 bits per heavy atom. The van der Waals surface area contributed by atoms with Gasteiger partial charge in [0, 0.05) is 18.8 Å². The van der Waals surface area contributed by atoms with Gasteiger partial charge in [-0.15, -0.1) is 11.6 Å². The van der Waals surface area contributed by atoms with E-state index in [1.165, 1.54) is 19.4 Å². The van der Waals surface area contributed by atoms with Crippen molar-refractivity contribution in [2.24, 2.45) is 0 Å². The van der Waals surface area contributed by atoms with Crippen LogP contribution < -0.4 is 0 Å². The molecule has 2 aromatic rings. The molecule has 0 radical (unpaired) electrons. The fourth-order valence-electron chi connectivity index (χ4n) is 3.18. The number of likely N-dealkylation sites (N-methyl/N-ethyl adjacent to an activating group) is 1. The van der Waals surface area contributed by atoms with Crippen molar-refractivity contribution in [3.05, 3.63) is 23.7 Å². The molecule has 1 aliphatic heterocycles. The monoisotopic (exact) mass is 292 g/mol. The number of alkyl halides is 1. The Morgan fingerprint density at radius 3 is 3.05 bits per heavy atom. The minimum absolute atomic E-state index is 0.439. The maximum Gasteiger partial charge on any atom is 0.160 e. The minimum Gasteiger partial charge on any atom is -0.310 e. The number of imidazole rings is 1. The zero-order valence-corrected chi connectivity index (χ0v) is 12.9. The summed E-state index contributed by atoms with van der Waals surface area (Å²) in [6.45, 7) is 7.54. The Balaban J connectivity index is 1.97. The summed E-state index contributed by atoms with van der Waals surface area (Å²) < 4.78 is 2.21. The fraction of sp³-hybridized carbons (Fsp3) is 0.600. The van der Waals surface area contributed by atoms with Crippen LogP contribution in [0.3, 0.4) is 0 Å². The highest BCUT2D eigenvalue weighted by atomic mass is 35.5. The molecule has 0 amide bonds. The van der Waals surface area contributed by atoms with Crippen LogP contribution in [-0.2, 0) is 12.4 Å². The Hall–Kier alpha value is -1.13. The van der Waals surface area contributed by atoms with Crippen molar-refractivity contribution in [3.8, 4) is 0 Å². The van der Waals surface area contributed by atoms with Crippen molar-refractivity contribution in [3.63, 3.8) is 0 Å². The second-order valence-corrected chi connectivity index (χ2v) is 5.82. The number of fused-ring (bicyclic) bond motifs is 1. The van der Waals surface area contributed by atoms with Crippen LogP contribution in [0.25, 0.3) is 11.2 Å². The Kier molecular flexibility index (Phi) is 3.94. The van der Waals surface area contributed by atoms with E-state index >= 15 is 0 Å². The van der Waals surface area contributed by atoms with Crippen LogP contribution in [-0.4, -0.2) is 38.6 Å². The third-order valence-electron chi connectivity index (χ3n) is 4.22. The molecule has 0 N–H and O–H groups in total. The van der Waals surface area contributed by atoms with E-state index in [1.807, 2.05) is 13.1 Å². The van der Waals surface area contributed by atoms with E-state index in [9.17, 15) is 0 Å². The molecular weight excluding hydrogens is 272 g/mol. The molecule has 0 saturated carbocycles. The topological polar surface area (TPSA) is 34.0 Å². The average molecular weight is 293 g/mol. The summed E-state index contributed by atoms with van der Waals surface area (Å²) in [5.74, 6) is 1.37. The molecule has 0 aliphatic carbocycles. The number of pyridine rings is 1. The molecule has 1 fully saturated rings. The largest absolute Gasteiger partial charge is 0.310 e. The highest BCUT2D eigenvalue weighted by Gasteiger charge is 2.25. The van der Waals surface area contributed by atoms with Crippen LogP contribution in [0.1, 0.15) is 31.2 Å². The summed E-state index contributed by atoms with van der Waals surface area (Å²) >= 11 is 6.07. The van der Waals surface area contributed by atoms with E-state index in [1.54, 1.807) is 0 Å². The lowest BCUT2D eigenvalue weighted by atomic mass is 10.2. The van der Waals surface area contributed by atoms with Gasteiger partial charge in [-0.05, 0) is 44.5 Å². The zero-order chi connectivity index (χ0) is 14.1. The van der Waals surface area contributed by atoms with Gasteiger partial charge in [-0.1, -0.05) is 6.92 Å². The van der Waals surface area contributed by atoms with Gasteiger partial charge in [0.05, 0.1) is 5.88 Å². The van der Waals surface area contributed by atoms with Gasteiger partial charge in [0.2, 0.25) is 0 Å². The molecule has 2 aromatic heterocycles. The van der Waals surface area contributed by atoms with Crippen molar-refractivity contribution in [1.29, 1.82) is 0 Å². The fourth-order valence-corrected chi connectivity index (χ4v) is 3.39. The van der Waals surface area contributed by atoms with Crippen LogP contribution >= 0.6 is 11.6 Å². The molecule has 3 heterocycles. The summed E-state index contributed by atoms with van der Waals surface area (Å²) in [5, 5.41) is 0. The Labute approximate surface area is 124 Å². The normalized spacial score (nSPS) is 20.1. The van der Waals surface area contributed by atoms with Gasteiger partial charge in [-0.2, -0.15) is 0 Å². The SMILES string of the molecule is CCN1CCCC1Cn1c(CCl)nc2cc(C)cnc21. The highest BCUT2D eigenvalue weighted by Crippen LogP contribution is 2.23. The molecule has 0 bridgehead atoms. The quantitative estimate of drug-likeness (QED) is 0.813. The van der Waals surface area contributed by atoms with E-state index < -0.39 is 0 Å². The summed E-state index contributed by atoms with van der Waals surface area (Å²) in [4.78, 5) is 11.7. The van der Waals surface area contributed by atoms with Gasteiger partial charge < -0.3 is 4.57 Å². The number of hydrogen-bond acceptors (Lipinski definition) is 3. The number of hydrogen-bond donors (Lipinski definition) is 0. The Morgan fingerprint density at radius 1 is 1.45 bits per heavy atom. The third-order valence-corrected chi connectivity index (χ3v) is 4.46. The van der Waals surface area contributed by atoms with Crippen LogP contribution in [0.5, 0.6) is 0 Å². The maximum absolute atomic E-state index is 6.07. The lowest BCUT2D eigenvalue weighted by Gasteiger charge is -2.23. The first-order chi connectivity index (χ1) is 9.72. The number of halogens is 1. The van der Waals surface area contributed by atoms with Crippen molar-refractivity contribution in [1.82, 2.24) is 19.4 Å². The van der Waals surface area contributed by atoms with E-state index in [0.29, 0.717) is 11.9 Å². The van der Waals surface area contributed by atoms with Crippen LogP contribution in [0.15, 0.2) is 12.3 Å². The molecular formula is C15H21ClN4. The van der Waals surface area contributed by atoms with Gasteiger partial charge in [0.1, 0.15) is 11.3 Å². The van der Waals surface area contributed by atoms with E-state index in [2.05, 4.69) is 32.4 Å². The van der Waals surface area contributed by atoms with Gasteiger partial charge in [-0.25, -0.2) is 9.97 Å². The minimum atomic E-state index is 0.439. The lowest BCUT2D eigenvalue weighted by Crippen LogP contribution is -2.33. The maximum atomic E-state index is 6.07. The molecule has 5 heteroatoms. The number of rotatable bonds is 4. The third kappa shape index (κ3) is 2.42. The van der Waals surface area contributed by atoms with E-state index in [-0.39, 0.29) is 0 Å². The molecule has 0 spiro atoms. The van der Waals surface area contributed by atoms with Crippen LogP contribution in [0, 0.1) is 6.92 Å². The van der Waals surface area contributed by atoms with Crippen molar-refractivity contribution in [2.45, 2.75) is 45.2 Å². The van der Waals surface area contributed by atoms with Crippen molar-refractivity contribution in [2.75, 3.05) is 13.1 Å². The first-order valence-corrected chi connectivity index (χ1v) is 7.88. The number of likely N-dealkylation sites (tertiary alicyclic amines) is 1. The smallest absolute Gasteiger partial charge is 0.160 e. The highest BCUT2D eigenvalue weighted by molar-refractivity contribution is 6.16. The predicted octanol–water partition coefficient (Wildman–Crippen LogP) is 2.96. The first-order valence-electron chi connectivity index (χ1n) is 7.34. The lowest BCUT2D eigenvalue weighted by molar-refractivity contribution is 0.244. The molecule has 1 atom stereocenters. The summed E-state index contributed by atoms with van der Waals surface area (Å²) in [5.41, 5.74) is 3.07.